The van der Waals surface area contributed by atoms with Crippen LogP contribution in [0.15, 0.2) is 59.5 Å². The fraction of sp³-hybridized carbons (Fsp3) is 0.543. The molecule has 0 spiro atoms. The molecule has 3 atom stereocenters. The van der Waals surface area contributed by atoms with Crippen molar-refractivity contribution >= 4 is 29.7 Å². The average Bonchev–Trinajstić information content (AvgIpc) is 2.98. The van der Waals surface area contributed by atoms with E-state index in [9.17, 15) is 9.59 Å². The highest BCUT2D eigenvalue weighted by Crippen LogP contribution is 2.44. The smallest absolute Gasteiger partial charge is 0.260 e. The molecule has 2 fully saturated rings. The molecule has 5 nitrogen and oxygen atoms in total. The minimum Gasteiger partial charge on any atom is -0.356 e. The highest BCUT2D eigenvalue weighted by Gasteiger charge is 2.44. The Morgan fingerprint density at radius 1 is 1.00 bits per heavy atom. The van der Waals surface area contributed by atoms with Crippen molar-refractivity contribution in [2.24, 2.45) is 5.92 Å². The van der Waals surface area contributed by atoms with Crippen LogP contribution < -0.4 is 5.32 Å². The summed E-state index contributed by atoms with van der Waals surface area (Å²) in [4.78, 5) is 32.6. The molecule has 0 aromatic heterocycles. The maximum absolute atomic E-state index is 13.9. The van der Waals surface area contributed by atoms with Crippen molar-refractivity contribution in [1.29, 1.82) is 0 Å². The molecule has 4 rings (SSSR count). The molecule has 1 saturated carbocycles. The van der Waals surface area contributed by atoms with E-state index in [1.807, 2.05) is 36.4 Å². The molecule has 41 heavy (non-hydrogen) atoms. The number of amides is 2. The molecule has 0 radical (unpaired) electrons. The largest absolute Gasteiger partial charge is 0.356 e. The van der Waals surface area contributed by atoms with Crippen molar-refractivity contribution in [2.45, 2.75) is 90.0 Å². The molecule has 1 heterocycles. The summed E-state index contributed by atoms with van der Waals surface area (Å²) >= 11 is 1.72. The number of hydrogen-bond donors (Lipinski definition) is 1. The van der Waals surface area contributed by atoms with Crippen LogP contribution in [-0.2, 0) is 16.1 Å². The van der Waals surface area contributed by atoms with Crippen LogP contribution in [0.1, 0.15) is 81.9 Å². The summed E-state index contributed by atoms with van der Waals surface area (Å²) in [5.74, 6) is 0.207. The zero-order valence-corrected chi connectivity index (χ0v) is 26.1. The second-order valence-corrected chi connectivity index (χ2v) is 13.0. The van der Waals surface area contributed by atoms with Crippen molar-refractivity contribution in [1.82, 2.24) is 15.1 Å². The standard InChI is InChI=1S/C35H49N3O2S/c1-4-6-20-37(21-7-5-2)22-12-19-36-34(39)30-17-18-32-31(25-30)38(26-29-16-11-13-27(3)23-29)35(40)33(41-32)24-28-14-9-8-10-15-28/h8-11,13-16,23-24,30-32H,4-7,12,17-22,25-26H2,1-3H3,(H,36,39)/b33-24+. The molecule has 1 saturated heterocycles. The molecule has 1 aliphatic heterocycles. The monoisotopic (exact) mass is 575 g/mol. The van der Waals surface area contributed by atoms with Gasteiger partial charge in [-0.15, -0.1) is 11.8 Å². The van der Waals surface area contributed by atoms with E-state index in [4.69, 9.17) is 0 Å². The molecule has 2 aromatic rings. The zero-order valence-electron chi connectivity index (χ0n) is 25.3. The van der Waals surface area contributed by atoms with Crippen molar-refractivity contribution in [3.8, 4) is 0 Å². The van der Waals surface area contributed by atoms with Crippen LogP contribution in [0.25, 0.3) is 6.08 Å². The lowest BCUT2D eigenvalue weighted by Gasteiger charge is -2.46. The Hall–Kier alpha value is -2.57. The Kier molecular flexibility index (Phi) is 12.4. The summed E-state index contributed by atoms with van der Waals surface area (Å²) in [6.07, 6.45) is 10.5. The van der Waals surface area contributed by atoms with Gasteiger partial charge in [-0.2, -0.15) is 0 Å². The summed E-state index contributed by atoms with van der Waals surface area (Å²) < 4.78 is 0. The molecule has 0 bridgehead atoms. The third kappa shape index (κ3) is 9.21. The number of hydrogen-bond acceptors (Lipinski definition) is 4. The van der Waals surface area contributed by atoms with Crippen LogP contribution in [0.4, 0.5) is 0 Å². The molecule has 2 aliphatic rings. The van der Waals surface area contributed by atoms with Crippen molar-refractivity contribution in [2.75, 3.05) is 26.2 Å². The van der Waals surface area contributed by atoms with Gasteiger partial charge in [-0.3, -0.25) is 9.59 Å². The summed E-state index contributed by atoms with van der Waals surface area (Å²) in [6, 6.07) is 18.6. The zero-order chi connectivity index (χ0) is 29.0. The Morgan fingerprint density at radius 2 is 1.73 bits per heavy atom. The summed E-state index contributed by atoms with van der Waals surface area (Å²) in [5, 5.41) is 3.56. The fourth-order valence-electron chi connectivity index (χ4n) is 6.08. The Morgan fingerprint density at radius 3 is 2.44 bits per heavy atom. The van der Waals surface area contributed by atoms with Gasteiger partial charge in [-0.05, 0) is 82.3 Å². The molecule has 6 heteroatoms. The highest BCUT2D eigenvalue weighted by molar-refractivity contribution is 8.04. The number of aryl methyl sites for hydroxylation is 1. The van der Waals surface area contributed by atoms with E-state index in [0.29, 0.717) is 11.8 Å². The lowest BCUT2D eigenvalue weighted by molar-refractivity contribution is -0.133. The molecule has 1 N–H and O–H groups in total. The summed E-state index contributed by atoms with van der Waals surface area (Å²) in [7, 11) is 0. The fourth-order valence-corrected chi connectivity index (χ4v) is 7.50. The first-order valence-corrected chi connectivity index (χ1v) is 16.7. The third-order valence-corrected chi connectivity index (χ3v) is 9.81. The molecule has 2 amide bonds. The Bertz CT molecular complexity index is 1140. The van der Waals surface area contributed by atoms with Gasteiger partial charge in [0.25, 0.3) is 5.91 Å². The minimum atomic E-state index is -0.0411. The van der Waals surface area contributed by atoms with Gasteiger partial charge in [0.15, 0.2) is 0 Å². The van der Waals surface area contributed by atoms with Crippen LogP contribution in [0.3, 0.4) is 0 Å². The van der Waals surface area contributed by atoms with Crippen LogP contribution in [0.5, 0.6) is 0 Å². The average molecular weight is 576 g/mol. The van der Waals surface area contributed by atoms with E-state index in [-0.39, 0.29) is 23.8 Å². The van der Waals surface area contributed by atoms with Gasteiger partial charge in [0, 0.05) is 30.3 Å². The number of nitrogens with one attached hydrogen (secondary N) is 1. The predicted molar refractivity (Wildman–Crippen MR) is 173 cm³/mol. The highest BCUT2D eigenvalue weighted by atomic mass is 32.2. The van der Waals surface area contributed by atoms with E-state index >= 15 is 0 Å². The normalized spacial score (nSPS) is 21.8. The number of fused-ring (bicyclic) bond motifs is 1. The maximum atomic E-state index is 13.9. The van der Waals surface area contributed by atoms with Gasteiger partial charge < -0.3 is 15.1 Å². The second-order valence-electron chi connectivity index (χ2n) is 11.8. The number of unbranched alkanes of at least 4 members (excludes halogenated alkanes) is 2. The molecule has 3 unspecified atom stereocenters. The van der Waals surface area contributed by atoms with Crippen molar-refractivity contribution in [3.63, 3.8) is 0 Å². The number of rotatable bonds is 14. The Labute approximate surface area is 252 Å². The van der Waals surface area contributed by atoms with Crippen LogP contribution >= 0.6 is 11.8 Å². The number of carbonyl (C=O) groups excluding carboxylic acids is 2. The van der Waals surface area contributed by atoms with E-state index in [2.05, 4.69) is 60.2 Å². The van der Waals surface area contributed by atoms with Gasteiger partial charge >= 0.3 is 0 Å². The lowest BCUT2D eigenvalue weighted by Crippen LogP contribution is -2.53. The number of thioether (sulfide) groups is 1. The van der Waals surface area contributed by atoms with E-state index < -0.39 is 0 Å². The van der Waals surface area contributed by atoms with E-state index in [1.54, 1.807) is 11.8 Å². The summed E-state index contributed by atoms with van der Waals surface area (Å²) in [5.41, 5.74) is 3.39. The first-order valence-electron chi connectivity index (χ1n) is 15.8. The van der Waals surface area contributed by atoms with E-state index in [0.717, 1.165) is 67.9 Å². The predicted octanol–water partition coefficient (Wildman–Crippen LogP) is 7.06. The van der Waals surface area contributed by atoms with Gasteiger partial charge in [0.2, 0.25) is 5.91 Å². The van der Waals surface area contributed by atoms with Crippen LogP contribution in [-0.4, -0.2) is 59.1 Å². The molecule has 1 aliphatic carbocycles. The third-order valence-electron chi connectivity index (χ3n) is 8.41. The first-order chi connectivity index (χ1) is 20.0. The number of carbonyl (C=O) groups is 2. The molecule has 222 valence electrons. The number of nitrogens with zero attached hydrogens (tertiary/aromatic N) is 2. The quantitative estimate of drug-likeness (QED) is 0.194. The van der Waals surface area contributed by atoms with E-state index in [1.165, 1.54) is 31.2 Å². The van der Waals surface area contributed by atoms with Crippen LogP contribution in [0.2, 0.25) is 0 Å². The number of benzene rings is 2. The SMILES string of the molecule is CCCCN(CCCC)CCCNC(=O)C1CCC2S/C(=C/c3ccccc3)C(=O)N(Cc3cccc(C)c3)C2C1. The van der Waals surface area contributed by atoms with Gasteiger partial charge in [0.05, 0.1) is 4.91 Å². The lowest BCUT2D eigenvalue weighted by atomic mass is 9.83. The Balaban J connectivity index is 1.40. The summed E-state index contributed by atoms with van der Waals surface area (Å²) in [6.45, 7) is 11.2. The first kappa shape index (κ1) is 31.4. The minimum absolute atomic E-state index is 0.0411. The molecular weight excluding hydrogens is 526 g/mol. The second kappa shape index (κ2) is 16.2. The molecule has 2 aromatic carbocycles. The van der Waals surface area contributed by atoms with Crippen molar-refractivity contribution < 1.29 is 9.59 Å². The van der Waals surface area contributed by atoms with Gasteiger partial charge in [0.1, 0.15) is 0 Å². The maximum Gasteiger partial charge on any atom is 0.260 e. The van der Waals surface area contributed by atoms with Gasteiger partial charge in [-0.1, -0.05) is 86.8 Å². The van der Waals surface area contributed by atoms with Crippen molar-refractivity contribution in [3.05, 3.63) is 76.2 Å². The molecular formula is C35H49N3O2S. The topological polar surface area (TPSA) is 52.7 Å². The van der Waals surface area contributed by atoms with Gasteiger partial charge in [-0.25, -0.2) is 0 Å². The van der Waals surface area contributed by atoms with Crippen LogP contribution in [0, 0.1) is 12.8 Å².